The standard InChI is InChI=1S/C12H16FN3/c1-4-9(7-6-8(3)13)11-10(5-2)15-16-12(11)14/h4,6-7H,1,5H2,2-3H3,(H3,14,15,16)/b8-6+,9-7+. The average Bonchev–Trinajstić information content (AvgIpc) is 2.61. The van der Waals surface area contributed by atoms with Gasteiger partial charge in [0.25, 0.3) is 0 Å². The molecule has 0 saturated carbocycles. The Labute approximate surface area is 94.5 Å². The minimum atomic E-state index is -0.264. The third kappa shape index (κ3) is 2.59. The number of rotatable bonds is 4. The van der Waals surface area contributed by atoms with Gasteiger partial charge in [-0.1, -0.05) is 25.7 Å². The third-order valence-corrected chi connectivity index (χ3v) is 2.22. The first kappa shape index (κ1) is 12.2. The summed E-state index contributed by atoms with van der Waals surface area (Å²) in [6.45, 7) is 7.07. The first-order valence-corrected chi connectivity index (χ1v) is 5.09. The van der Waals surface area contributed by atoms with Crippen LogP contribution in [0.25, 0.3) is 5.57 Å². The molecule has 1 aromatic heterocycles. The van der Waals surface area contributed by atoms with Gasteiger partial charge in [0.1, 0.15) is 0 Å². The Balaban J connectivity index is 3.22. The molecule has 3 N–H and O–H groups in total. The molecule has 0 unspecified atom stereocenters. The highest BCUT2D eigenvalue weighted by atomic mass is 19.1. The number of nitrogen functional groups attached to an aromatic ring is 1. The van der Waals surface area contributed by atoms with E-state index < -0.39 is 0 Å². The van der Waals surface area contributed by atoms with Crippen LogP contribution in [0.15, 0.2) is 30.6 Å². The number of aromatic nitrogens is 2. The van der Waals surface area contributed by atoms with Crippen LogP contribution in [-0.4, -0.2) is 10.2 Å². The molecular formula is C12H16FN3. The monoisotopic (exact) mass is 221 g/mol. The zero-order chi connectivity index (χ0) is 12.1. The Bertz CT molecular complexity index is 437. The van der Waals surface area contributed by atoms with Crippen molar-refractivity contribution in [2.45, 2.75) is 20.3 Å². The van der Waals surface area contributed by atoms with E-state index in [2.05, 4.69) is 16.8 Å². The molecule has 0 aliphatic heterocycles. The van der Waals surface area contributed by atoms with Crippen molar-refractivity contribution in [1.82, 2.24) is 10.2 Å². The lowest BCUT2D eigenvalue weighted by Crippen LogP contribution is -1.92. The third-order valence-electron chi connectivity index (χ3n) is 2.22. The van der Waals surface area contributed by atoms with E-state index in [9.17, 15) is 4.39 Å². The Morgan fingerprint density at radius 2 is 2.25 bits per heavy atom. The van der Waals surface area contributed by atoms with Crippen LogP contribution in [0.5, 0.6) is 0 Å². The smallest absolute Gasteiger partial charge is 0.153 e. The number of anilines is 1. The second kappa shape index (κ2) is 5.30. The molecule has 1 aromatic rings. The minimum absolute atomic E-state index is 0.264. The molecule has 16 heavy (non-hydrogen) atoms. The molecule has 3 nitrogen and oxygen atoms in total. The van der Waals surface area contributed by atoms with Crippen LogP contribution in [0.4, 0.5) is 10.2 Å². The quantitative estimate of drug-likeness (QED) is 0.768. The van der Waals surface area contributed by atoms with E-state index in [0.29, 0.717) is 5.82 Å². The lowest BCUT2D eigenvalue weighted by Gasteiger charge is -2.02. The van der Waals surface area contributed by atoms with Gasteiger partial charge in [-0.15, -0.1) is 0 Å². The number of nitrogens with one attached hydrogen (secondary N) is 1. The van der Waals surface area contributed by atoms with Gasteiger partial charge in [-0.05, 0) is 25.0 Å². The van der Waals surface area contributed by atoms with E-state index in [0.717, 1.165) is 23.3 Å². The number of H-pyrrole nitrogens is 1. The van der Waals surface area contributed by atoms with Crippen molar-refractivity contribution in [2.24, 2.45) is 0 Å². The van der Waals surface area contributed by atoms with Crippen molar-refractivity contribution < 1.29 is 4.39 Å². The first-order valence-electron chi connectivity index (χ1n) is 5.09. The van der Waals surface area contributed by atoms with Crippen molar-refractivity contribution in [2.75, 3.05) is 5.73 Å². The fourth-order valence-corrected chi connectivity index (χ4v) is 1.43. The Morgan fingerprint density at radius 3 is 2.75 bits per heavy atom. The number of hydrogen-bond donors (Lipinski definition) is 2. The van der Waals surface area contributed by atoms with Crippen LogP contribution in [0.3, 0.4) is 0 Å². The predicted molar refractivity (Wildman–Crippen MR) is 65.4 cm³/mol. The van der Waals surface area contributed by atoms with Crippen molar-refractivity contribution >= 4 is 11.4 Å². The summed E-state index contributed by atoms with van der Waals surface area (Å²) in [5.74, 6) is 0.146. The van der Waals surface area contributed by atoms with E-state index in [1.807, 2.05) is 6.92 Å². The molecule has 4 heteroatoms. The van der Waals surface area contributed by atoms with Gasteiger partial charge in [0, 0.05) is 11.3 Å². The van der Waals surface area contributed by atoms with Gasteiger partial charge in [-0.3, -0.25) is 5.10 Å². The van der Waals surface area contributed by atoms with E-state index in [4.69, 9.17) is 5.73 Å². The summed E-state index contributed by atoms with van der Waals surface area (Å²) in [4.78, 5) is 0. The second-order valence-electron chi connectivity index (χ2n) is 3.40. The SMILES string of the molecule is C=C/C(=C\C=C(/C)F)c1c(N)n[nH]c1CC. The van der Waals surface area contributed by atoms with Crippen LogP contribution in [0.2, 0.25) is 0 Å². The topological polar surface area (TPSA) is 54.7 Å². The molecule has 0 aromatic carbocycles. The highest BCUT2D eigenvalue weighted by Gasteiger charge is 2.11. The summed E-state index contributed by atoms with van der Waals surface area (Å²) in [5, 5.41) is 6.78. The van der Waals surface area contributed by atoms with Crippen LogP contribution in [0.1, 0.15) is 25.1 Å². The molecule has 0 atom stereocenters. The van der Waals surface area contributed by atoms with E-state index in [1.165, 1.54) is 13.0 Å². The fourth-order valence-electron chi connectivity index (χ4n) is 1.43. The van der Waals surface area contributed by atoms with Crippen LogP contribution in [-0.2, 0) is 6.42 Å². The summed E-state index contributed by atoms with van der Waals surface area (Å²) in [6.07, 6.45) is 5.44. The lowest BCUT2D eigenvalue weighted by atomic mass is 10.0. The van der Waals surface area contributed by atoms with Gasteiger partial charge in [-0.2, -0.15) is 5.10 Å². The molecule has 0 amide bonds. The maximum absolute atomic E-state index is 12.7. The fraction of sp³-hybridized carbons (Fsp3) is 0.250. The van der Waals surface area contributed by atoms with Crippen molar-refractivity contribution in [3.8, 4) is 0 Å². The van der Waals surface area contributed by atoms with Gasteiger partial charge in [0.2, 0.25) is 0 Å². The summed E-state index contributed by atoms with van der Waals surface area (Å²) in [6, 6.07) is 0. The molecule has 1 rings (SSSR count). The Kier molecular flexibility index (Phi) is 4.05. The molecule has 0 aliphatic carbocycles. The summed E-state index contributed by atoms with van der Waals surface area (Å²) >= 11 is 0. The molecule has 86 valence electrons. The van der Waals surface area contributed by atoms with E-state index >= 15 is 0 Å². The number of halogens is 1. The number of aryl methyl sites for hydroxylation is 1. The molecule has 0 aliphatic rings. The summed E-state index contributed by atoms with van der Waals surface area (Å²) in [5.41, 5.74) is 8.24. The van der Waals surface area contributed by atoms with Crippen LogP contribution < -0.4 is 5.73 Å². The largest absolute Gasteiger partial charge is 0.382 e. The van der Waals surface area contributed by atoms with Crippen LogP contribution >= 0.6 is 0 Å². The number of nitrogens with two attached hydrogens (primary N) is 1. The van der Waals surface area contributed by atoms with Gasteiger partial charge in [-0.25, -0.2) is 4.39 Å². The number of aromatic amines is 1. The maximum atomic E-state index is 12.7. The summed E-state index contributed by atoms with van der Waals surface area (Å²) in [7, 11) is 0. The number of allylic oxidation sites excluding steroid dienone is 5. The first-order chi connectivity index (χ1) is 7.60. The Hall–Kier alpha value is -1.84. The zero-order valence-electron chi connectivity index (χ0n) is 9.55. The lowest BCUT2D eigenvalue weighted by molar-refractivity contribution is 0.641. The van der Waals surface area contributed by atoms with Crippen molar-refractivity contribution in [1.29, 1.82) is 0 Å². The number of hydrogen-bond acceptors (Lipinski definition) is 2. The van der Waals surface area contributed by atoms with Crippen molar-refractivity contribution in [3.63, 3.8) is 0 Å². The molecule has 1 heterocycles. The molecule has 0 fully saturated rings. The van der Waals surface area contributed by atoms with Gasteiger partial charge < -0.3 is 5.73 Å². The minimum Gasteiger partial charge on any atom is -0.382 e. The molecule has 0 bridgehead atoms. The maximum Gasteiger partial charge on any atom is 0.153 e. The highest BCUT2D eigenvalue weighted by molar-refractivity contribution is 5.81. The van der Waals surface area contributed by atoms with Gasteiger partial charge in [0.15, 0.2) is 5.82 Å². The van der Waals surface area contributed by atoms with E-state index in [1.54, 1.807) is 12.2 Å². The molecule has 0 spiro atoms. The average molecular weight is 221 g/mol. The molecule has 0 saturated heterocycles. The van der Waals surface area contributed by atoms with E-state index in [-0.39, 0.29) is 5.83 Å². The van der Waals surface area contributed by atoms with Gasteiger partial charge >= 0.3 is 0 Å². The molecule has 0 radical (unpaired) electrons. The zero-order valence-corrected chi connectivity index (χ0v) is 9.55. The predicted octanol–water partition coefficient (Wildman–Crippen LogP) is 3.00. The molecular weight excluding hydrogens is 205 g/mol. The normalized spacial score (nSPS) is 12.9. The summed E-state index contributed by atoms with van der Waals surface area (Å²) < 4.78 is 12.7. The van der Waals surface area contributed by atoms with Gasteiger partial charge in [0.05, 0.1) is 5.83 Å². The Morgan fingerprint density at radius 1 is 1.56 bits per heavy atom. The van der Waals surface area contributed by atoms with Crippen LogP contribution in [0, 0.1) is 0 Å². The highest BCUT2D eigenvalue weighted by Crippen LogP contribution is 2.25. The number of nitrogens with zero attached hydrogens (tertiary/aromatic N) is 1. The van der Waals surface area contributed by atoms with Crippen molar-refractivity contribution in [3.05, 3.63) is 41.9 Å². The second-order valence-corrected chi connectivity index (χ2v) is 3.40.